The molecular weight excluding hydrogens is 192 g/mol. The first-order valence-electron chi connectivity index (χ1n) is 3.93. The predicted octanol–water partition coefficient (Wildman–Crippen LogP) is 0.219. The molecule has 5 heteroatoms. The van der Waals surface area contributed by atoms with Gasteiger partial charge < -0.3 is 15.8 Å². The Bertz CT molecular complexity index is 181. The van der Waals surface area contributed by atoms with Gasteiger partial charge in [0.2, 0.25) is 5.91 Å². The summed E-state index contributed by atoms with van der Waals surface area (Å²) in [4.78, 5) is 11.1. The SMILES string of the molecule is C=C(Cl)CNC(=O)CC(CN)OC. The Hall–Kier alpha value is -0.580. The third kappa shape index (κ3) is 6.57. The molecule has 0 rings (SSSR count). The third-order valence-electron chi connectivity index (χ3n) is 1.49. The molecule has 1 unspecified atom stereocenters. The van der Waals surface area contributed by atoms with Gasteiger partial charge in [-0.15, -0.1) is 0 Å². The molecular formula is C8H15ClN2O2. The second-order valence-electron chi connectivity index (χ2n) is 2.59. The van der Waals surface area contributed by atoms with Crippen molar-refractivity contribution in [1.82, 2.24) is 5.32 Å². The zero-order chi connectivity index (χ0) is 10.3. The molecule has 1 amide bonds. The molecule has 0 aromatic rings. The molecule has 0 radical (unpaired) electrons. The van der Waals surface area contributed by atoms with Crippen molar-refractivity contribution in [2.75, 3.05) is 20.2 Å². The highest BCUT2D eigenvalue weighted by Gasteiger charge is 2.10. The number of methoxy groups -OCH3 is 1. The zero-order valence-electron chi connectivity index (χ0n) is 7.68. The highest BCUT2D eigenvalue weighted by atomic mass is 35.5. The average molecular weight is 207 g/mol. The summed E-state index contributed by atoms with van der Waals surface area (Å²) in [5.41, 5.74) is 5.34. The standard InChI is InChI=1S/C8H15ClN2O2/c1-6(9)5-11-8(12)3-7(4-10)13-2/h7H,1,3-5,10H2,2H3,(H,11,12). The highest BCUT2D eigenvalue weighted by Crippen LogP contribution is 1.96. The van der Waals surface area contributed by atoms with Crippen molar-refractivity contribution in [1.29, 1.82) is 0 Å². The number of hydrogen-bond acceptors (Lipinski definition) is 3. The molecule has 0 bridgehead atoms. The molecule has 0 heterocycles. The van der Waals surface area contributed by atoms with Crippen LogP contribution in [-0.2, 0) is 9.53 Å². The van der Waals surface area contributed by atoms with Crippen LogP contribution in [-0.4, -0.2) is 32.2 Å². The fourth-order valence-electron chi connectivity index (χ4n) is 0.736. The predicted molar refractivity (Wildman–Crippen MR) is 52.5 cm³/mol. The van der Waals surface area contributed by atoms with Crippen LogP contribution in [0.3, 0.4) is 0 Å². The van der Waals surface area contributed by atoms with Crippen molar-refractivity contribution in [2.24, 2.45) is 5.73 Å². The largest absolute Gasteiger partial charge is 0.380 e. The van der Waals surface area contributed by atoms with E-state index in [9.17, 15) is 4.79 Å². The molecule has 1 atom stereocenters. The molecule has 0 aliphatic heterocycles. The summed E-state index contributed by atoms with van der Waals surface area (Å²) >= 11 is 5.46. The van der Waals surface area contributed by atoms with E-state index in [0.29, 0.717) is 11.6 Å². The van der Waals surface area contributed by atoms with E-state index < -0.39 is 0 Å². The molecule has 0 saturated heterocycles. The average Bonchev–Trinajstić information content (AvgIpc) is 2.10. The van der Waals surface area contributed by atoms with Gasteiger partial charge in [0.05, 0.1) is 19.1 Å². The zero-order valence-corrected chi connectivity index (χ0v) is 8.43. The van der Waals surface area contributed by atoms with Crippen LogP contribution in [0.1, 0.15) is 6.42 Å². The number of nitrogens with one attached hydrogen (secondary N) is 1. The van der Waals surface area contributed by atoms with Crippen molar-refractivity contribution >= 4 is 17.5 Å². The number of hydrogen-bond donors (Lipinski definition) is 2. The maximum Gasteiger partial charge on any atom is 0.222 e. The Morgan fingerprint density at radius 2 is 2.38 bits per heavy atom. The number of rotatable bonds is 6. The monoisotopic (exact) mass is 206 g/mol. The van der Waals surface area contributed by atoms with Gasteiger partial charge in [-0.05, 0) is 0 Å². The number of nitrogens with two attached hydrogens (primary N) is 1. The first-order chi connectivity index (χ1) is 6.10. The Morgan fingerprint density at radius 1 is 1.77 bits per heavy atom. The first-order valence-corrected chi connectivity index (χ1v) is 4.30. The van der Waals surface area contributed by atoms with Crippen molar-refractivity contribution in [3.8, 4) is 0 Å². The normalized spacial score (nSPS) is 12.2. The summed E-state index contributed by atoms with van der Waals surface area (Å²) in [6.07, 6.45) is 0.0144. The van der Waals surface area contributed by atoms with Crippen LogP contribution in [0.2, 0.25) is 0 Å². The number of carbonyl (C=O) groups is 1. The van der Waals surface area contributed by atoms with Crippen molar-refractivity contribution in [3.63, 3.8) is 0 Å². The molecule has 0 saturated carbocycles. The minimum absolute atomic E-state index is 0.140. The molecule has 0 aliphatic rings. The summed E-state index contributed by atoms with van der Waals surface area (Å²) in [6, 6.07) is 0. The summed E-state index contributed by atoms with van der Waals surface area (Å²) < 4.78 is 4.94. The van der Waals surface area contributed by atoms with E-state index in [4.69, 9.17) is 22.1 Å². The van der Waals surface area contributed by atoms with Crippen LogP contribution in [0.15, 0.2) is 11.6 Å². The lowest BCUT2D eigenvalue weighted by molar-refractivity contribution is -0.123. The van der Waals surface area contributed by atoms with E-state index in [0.717, 1.165) is 0 Å². The summed E-state index contributed by atoms with van der Waals surface area (Å²) in [5, 5.41) is 2.97. The number of amides is 1. The molecule has 3 N–H and O–H groups in total. The summed E-state index contributed by atoms with van der Waals surface area (Å²) in [6.45, 7) is 4.05. The maximum atomic E-state index is 11.1. The second kappa shape index (κ2) is 6.88. The van der Waals surface area contributed by atoms with Crippen LogP contribution in [0, 0.1) is 0 Å². The Kier molecular flexibility index (Phi) is 6.58. The molecule has 0 fully saturated rings. The molecule has 13 heavy (non-hydrogen) atoms. The quantitative estimate of drug-likeness (QED) is 0.654. The topological polar surface area (TPSA) is 64.4 Å². The summed E-state index contributed by atoms with van der Waals surface area (Å²) in [5.74, 6) is -0.140. The van der Waals surface area contributed by atoms with Gasteiger partial charge in [-0.1, -0.05) is 18.2 Å². The van der Waals surface area contributed by atoms with Crippen molar-refractivity contribution in [3.05, 3.63) is 11.6 Å². The Morgan fingerprint density at radius 3 is 2.77 bits per heavy atom. The van der Waals surface area contributed by atoms with Gasteiger partial charge in [0.15, 0.2) is 0 Å². The first kappa shape index (κ1) is 12.4. The van der Waals surface area contributed by atoms with Gasteiger partial charge in [-0.3, -0.25) is 4.79 Å². The van der Waals surface area contributed by atoms with E-state index in [-0.39, 0.29) is 25.0 Å². The minimum atomic E-state index is -0.233. The molecule has 4 nitrogen and oxygen atoms in total. The van der Waals surface area contributed by atoms with Crippen LogP contribution < -0.4 is 11.1 Å². The second-order valence-corrected chi connectivity index (χ2v) is 3.13. The van der Waals surface area contributed by atoms with Gasteiger partial charge in [-0.2, -0.15) is 0 Å². The minimum Gasteiger partial charge on any atom is -0.380 e. The van der Waals surface area contributed by atoms with Crippen molar-refractivity contribution < 1.29 is 9.53 Å². The van der Waals surface area contributed by atoms with Crippen LogP contribution >= 0.6 is 11.6 Å². The fraction of sp³-hybridized carbons (Fsp3) is 0.625. The van der Waals surface area contributed by atoms with E-state index in [1.54, 1.807) is 0 Å². The fourth-order valence-corrected chi connectivity index (χ4v) is 0.803. The number of carbonyl (C=O) groups excluding carboxylic acids is 1. The summed E-state index contributed by atoms with van der Waals surface area (Å²) in [7, 11) is 1.52. The van der Waals surface area contributed by atoms with Gasteiger partial charge >= 0.3 is 0 Å². The molecule has 76 valence electrons. The van der Waals surface area contributed by atoms with Crippen LogP contribution in [0.25, 0.3) is 0 Å². The smallest absolute Gasteiger partial charge is 0.222 e. The van der Waals surface area contributed by atoms with Crippen LogP contribution in [0.5, 0.6) is 0 Å². The lowest BCUT2D eigenvalue weighted by atomic mass is 10.2. The lowest BCUT2D eigenvalue weighted by Gasteiger charge is -2.11. The van der Waals surface area contributed by atoms with E-state index >= 15 is 0 Å². The number of ether oxygens (including phenoxy) is 1. The molecule has 0 spiro atoms. The molecule has 0 aromatic heterocycles. The Labute approximate surface area is 83.1 Å². The third-order valence-corrected chi connectivity index (χ3v) is 1.62. The van der Waals surface area contributed by atoms with Crippen molar-refractivity contribution in [2.45, 2.75) is 12.5 Å². The van der Waals surface area contributed by atoms with Gasteiger partial charge in [0, 0.05) is 18.7 Å². The highest BCUT2D eigenvalue weighted by molar-refractivity contribution is 6.29. The maximum absolute atomic E-state index is 11.1. The van der Waals surface area contributed by atoms with Gasteiger partial charge in [-0.25, -0.2) is 0 Å². The Balaban J connectivity index is 3.66. The van der Waals surface area contributed by atoms with Crippen LogP contribution in [0.4, 0.5) is 0 Å². The van der Waals surface area contributed by atoms with E-state index in [1.807, 2.05) is 0 Å². The van der Waals surface area contributed by atoms with E-state index in [1.165, 1.54) is 7.11 Å². The molecule has 0 aliphatic carbocycles. The molecule has 0 aromatic carbocycles. The van der Waals surface area contributed by atoms with E-state index in [2.05, 4.69) is 11.9 Å². The number of halogens is 1. The lowest BCUT2D eigenvalue weighted by Crippen LogP contribution is -2.32. The van der Waals surface area contributed by atoms with Gasteiger partial charge in [0.25, 0.3) is 0 Å². The van der Waals surface area contributed by atoms with Gasteiger partial charge in [0.1, 0.15) is 0 Å².